The Labute approximate surface area is 94.1 Å². The minimum absolute atomic E-state index is 0.316. The monoisotopic (exact) mass is 218 g/mol. The number of ether oxygens (including phenoxy) is 1. The predicted octanol–water partition coefficient (Wildman–Crippen LogP) is 2.20. The summed E-state index contributed by atoms with van der Waals surface area (Å²) in [5.74, 6) is 2.12. The molecule has 2 rings (SSSR count). The molecule has 0 amide bonds. The van der Waals surface area contributed by atoms with E-state index in [0.29, 0.717) is 19.0 Å². The van der Waals surface area contributed by atoms with Crippen molar-refractivity contribution < 1.29 is 9.15 Å². The minimum atomic E-state index is 0.316. The van der Waals surface area contributed by atoms with Crippen LogP contribution in [0.5, 0.6) is 5.75 Å². The van der Waals surface area contributed by atoms with Crippen LogP contribution in [0, 0.1) is 0 Å². The quantitative estimate of drug-likeness (QED) is 0.854. The van der Waals surface area contributed by atoms with Gasteiger partial charge in [0.1, 0.15) is 5.75 Å². The molecule has 0 spiro atoms. The maximum Gasteiger partial charge on any atom is 0.208 e. The summed E-state index contributed by atoms with van der Waals surface area (Å²) in [5.41, 5.74) is 6.40. The molecule has 0 bridgehead atoms. The number of hydrogen-bond donors (Lipinski definition) is 1. The van der Waals surface area contributed by atoms with Gasteiger partial charge in [0.05, 0.1) is 19.3 Å². The second-order valence-electron chi connectivity index (χ2n) is 3.28. The van der Waals surface area contributed by atoms with Gasteiger partial charge >= 0.3 is 0 Å². The Hall–Kier alpha value is -1.81. The molecule has 0 unspecified atom stereocenters. The molecule has 4 heteroatoms. The Balaban J connectivity index is 2.20. The van der Waals surface area contributed by atoms with Crippen LogP contribution in [0.2, 0.25) is 0 Å². The van der Waals surface area contributed by atoms with E-state index in [-0.39, 0.29) is 0 Å². The topological polar surface area (TPSA) is 61.3 Å². The van der Waals surface area contributed by atoms with Gasteiger partial charge in [-0.2, -0.15) is 0 Å². The molecule has 0 saturated carbocycles. The van der Waals surface area contributed by atoms with Gasteiger partial charge in [-0.1, -0.05) is 0 Å². The molecule has 1 heterocycles. The van der Waals surface area contributed by atoms with Crippen molar-refractivity contribution >= 4 is 0 Å². The van der Waals surface area contributed by atoms with E-state index in [9.17, 15) is 0 Å². The summed E-state index contributed by atoms with van der Waals surface area (Å²) in [6.07, 6.45) is 1.68. The Morgan fingerprint density at radius 2 is 2.06 bits per heavy atom. The highest BCUT2D eigenvalue weighted by Crippen LogP contribution is 2.22. The molecule has 84 valence electrons. The van der Waals surface area contributed by atoms with E-state index < -0.39 is 0 Å². The number of hydrogen-bond acceptors (Lipinski definition) is 4. The second-order valence-corrected chi connectivity index (χ2v) is 3.28. The van der Waals surface area contributed by atoms with Crippen LogP contribution in [0.3, 0.4) is 0 Å². The molecule has 1 aromatic carbocycles. The van der Waals surface area contributed by atoms with Crippen molar-refractivity contribution in [3.05, 3.63) is 36.4 Å². The fourth-order valence-corrected chi connectivity index (χ4v) is 1.42. The van der Waals surface area contributed by atoms with Crippen molar-refractivity contribution in [3.8, 4) is 17.1 Å². The normalized spacial score (nSPS) is 10.4. The van der Waals surface area contributed by atoms with E-state index in [1.165, 1.54) is 0 Å². The van der Waals surface area contributed by atoms with Crippen molar-refractivity contribution in [3.63, 3.8) is 0 Å². The first kappa shape index (κ1) is 10.7. The first-order valence-electron chi connectivity index (χ1n) is 5.21. The predicted molar refractivity (Wildman–Crippen MR) is 61.0 cm³/mol. The van der Waals surface area contributed by atoms with Crippen LogP contribution in [-0.4, -0.2) is 11.6 Å². The van der Waals surface area contributed by atoms with Crippen LogP contribution in [0.4, 0.5) is 0 Å². The van der Waals surface area contributed by atoms with E-state index in [1.54, 1.807) is 6.20 Å². The van der Waals surface area contributed by atoms with Crippen LogP contribution in [-0.2, 0) is 6.54 Å². The molecule has 0 saturated heterocycles. The summed E-state index contributed by atoms with van der Waals surface area (Å²) in [4.78, 5) is 4.05. The summed E-state index contributed by atoms with van der Waals surface area (Å²) < 4.78 is 10.8. The Morgan fingerprint density at radius 3 is 2.62 bits per heavy atom. The molecule has 0 radical (unpaired) electrons. The van der Waals surface area contributed by atoms with Crippen molar-refractivity contribution in [1.29, 1.82) is 0 Å². The minimum Gasteiger partial charge on any atom is -0.494 e. The van der Waals surface area contributed by atoms with Crippen LogP contribution in [0.25, 0.3) is 11.3 Å². The number of rotatable bonds is 4. The van der Waals surface area contributed by atoms with Gasteiger partial charge < -0.3 is 14.9 Å². The number of nitrogens with two attached hydrogens (primary N) is 1. The zero-order valence-electron chi connectivity index (χ0n) is 9.14. The Kier molecular flexibility index (Phi) is 3.22. The standard InChI is InChI=1S/C12H14N2O2/c1-2-15-10-5-3-9(4-6-10)11-8-14-12(7-13)16-11/h3-6,8H,2,7,13H2,1H3. The Morgan fingerprint density at radius 1 is 1.31 bits per heavy atom. The smallest absolute Gasteiger partial charge is 0.208 e. The highest BCUT2D eigenvalue weighted by molar-refractivity contribution is 5.57. The molecule has 0 atom stereocenters. The van der Waals surface area contributed by atoms with Crippen LogP contribution >= 0.6 is 0 Å². The maximum absolute atomic E-state index is 5.44. The number of oxazole rings is 1. The van der Waals surface area contributed by atoms with Gasteiger partial charge in [0.25, 0.3) is 0 Å². The molecule has 2 N–H and O–H groups in total. The lowest BCUT2D eigenvalue weighted by molar-refractivity contribution is 0.340. The molecule has 0 aliphatic carbocycles. The zero-order chi connectivity index (χ0) is 11.4. The van der Waals surface area contributed by atoms with E-state index in [4.69, 9.17) is 14.9 Å². The van der Waals surface area contributed by atoms with E-state index >= 15 is 0 Å². The summed E-state index contributed by atoms with van der Waals surface area (Å²) in [5, 5.41) is 0. The van der Waals surface area contributed by atoms with Crippen molar-refractivity contribution in [1.82, 2.24) is 4.98 Å². The van der Waals surface area contributed by atoms with Crippen molar-refractivity contribution in [2.75, 3.05) is 6.61 Å². The summed E-state index contributed by atoms with van der Waals surface area (Å²) in [7, 11) is 0. The third-order valence-electron chi connectivity index (χ3n) is 2.18. The van der Waals surface area contributed by atoms with Gasteiger partial charge in [-0.15, -0.1) is 0 Å². The molecule has 16 heavy (non-hydrogen) atoms. The van der Waals surface area contributed by atoms with Crippen LogP contribution < -0.4 is 10.5 Å². The maximum atomic E-state index is 5.44. The zero-order valence-corrected chi connectivity index (χ0v) is 9.14. The largest absolute Gasteiger partial charge is 0.494 e. The van der Waals surface area contributed by atoms with Crippen molar-refractivity contribution in [2.24, 2.45) is 5.73 Å². The van der Waals surface area contributed by atoms with Crippen LogP contribution in [0.15, 0.2) is 34.9 Å². The van der Waals surface area contributed by atoms with Gasteiger partial charge in [0, 0.05) is 5.56 Å². The van der Waals surface area contributed by atoms with Gasteiger partial charge in [-0.05, 0) is 31.2 Å². The molecular formula is C12H14N2O2. The average Bonchev–Trinajstić information content (AvgIpc) is 2.79. The average molecular weight is 218 g/mol. The number of benzene rings is 1. The fraction of sp³-hybridized carbons (Fsp3) is 0.250. The molecule has 1 aromatic heterocycles. The lowest BCUT2D eigenvalue weighted by atomic mass is 10.2. The molecule has 0 aliphatic rings. The molecule has 0 aliphatic heterocycles. The third-order valence-corrected chi connectivity index (χ3v) is 2.18. The van der Waals surface area contributed by atoms with Gasteiger partial charge in [0.15, 0.2) is 5.76 Å². The molecule has 2 aromatic rings. The summed E-state index contributed by atoms with van der Waals surface area (Å²) >= 11 is 0. The number of aromatic nitrogens is 1. The van der Waals surface area contributed by atoms with E-state index in [0.717, 1.165) is 17.1 Å². The Bertz CT molecular complexity index is 448. The van der Waals surface area contributed by atoms with Crippen LogP contribution in [0.1, 0.15) is 12.8 Å². The van der Waals surface area contributed by atoms with Gasteiger partial charge in [-0.3, -0.25) is 0 Å². The summed E-state index contributed by atoms with van der Waals surface area (Å²) in [6.45, 7) is 2.94. The summed E-state index contributed by atoms with van der Waals surface area (Å²) in [6, 6.07) is 7.69. The fourth-order valence-electron chi connectivity index (χ4n) is 1.42. The third kappa shape index (κ3) is 2.23. The van der Waals surface area contributed by atoms with Gasteiger partial charge in [-0.25, -0.2) is 4.98 Å². The molecule has 4 nitrogen and oxygen atoms in total. The first-order chi connectivity index (χ1) is 7.83. The SMILES string of the molecule is CCOc1ccc(-c2cnc(CN)o2)cc1. The highest BCUT2D eigenvalue weighted by Gasteiger charge is 2.04. The lowest BCUT2D eigenvalue weighted by Gasteiger charge is -2.02. The molecular weight excluding hydrogens is 204 g/mol. The van der Waals surface area contributed by atoms with Gasteiger partial charge in [0.2, 0.25) is 5.89 Å². The molecule has 0 fully saturated rings. The number of nitrogens with zero attached hydrogens (tertiary/aromatic N) is 1. The van der Waals surface area contributed by atoms with E-state index in [1.807, 2.05) is 31.2 Å². The highest BCUT2D eigenvalue weighted by atomic mass is 16.5. The van der Waals surface area contributed by atoms with E-state index in [2.05, 4.69) is 4.98 Å². The second kappa shape index (κ2) is 4.81. The first-order valence-corrected chi connectivity index (χ1v) is 5.21. The lowest BCUT2D eigenvalue weighted by Crippen LogP contribution is -1.94. The van der Waals surface area contributed by atoms with Crippen molar-refractivity contribution in [2.45, 2.75) is 13.5 Å².